The fourth-order valence-electron chi connectivity index (χ4n) is 2.05. The van der Waals surface area contributed by atoms with Gasteiger partial charge in [0.25, 0.3) is 5.91 Å². The van der Waals surface area contributed by atoms with E-state index in [1.54, 1.807) is 18.3 Å². The van der Waals surface area contributed by atoms with Crippen LogP contribution in [0.15, 0.2) is 18.3 Å². The lowest BCUT2D eigenvalue weighted by molar-refractivity contribution is -0.143. The molecule has 2 rings (SSSR count). The first kappa shape index (κ1) is 10.7. The van der Waals surface area contributed by atoms with Gasteiger partial charge >= 0.3 is 5.97 Å². The summed E-state index contributed by atoms with van der Waals surface area (Å²) >= 11 is 0. The summed E-state index contributed by atoms with van der Waals surface area (Å²) in [5.41, 5.74) is 0.452. The van der Waals surface area contributed by atoms with Crippen molar-refractivity contribution in [3.8, 4) is 0 Å². The Balaban J connectivity index is 2.17. The first-order valence-electron chi connectivity index (χ1n) is 5.37. The molecule has 0 saturated carbocycles. The Morgan fingerprint density at radius 3 is 2.88 bits per heavy atom. The van der Waals surface area contributed by atoms with Gasteiger partial charge < -0.3 is 15.0 Å². The highest BCUT2D eigenvalue weighted by Crippen LogP contribution is 2.19. The molecule has 16 heavy (non-hydrogen) atoms. The van der Waals surface area contributed by atoms with Gasteiger partial charge in [-0.1, -0.05) is 0 Å². The van der Waals surface area contributed by atoms with Crippen molar-refractivity contribution in [2.45, 2.75) is 25.3 Å². The third-order valence-electron chi connectivity index (χ3n) is 2.88. The molecule has 0 spiro atoms. The van der Waals surface area contributed by atoms with Crippen LogP contribution < -0.4 is 0 Å². The third kappa shape index (κ3) is 1.93. The average Bonchev–Trinajstić information content (AvgIpc) is 2.81. The van der Waals surface area contributed by atoms with Crippen molar-refractivity contribution in [1.29, 1.82) is 0 Å². The lowest BCUT2D eigenvalue weighted by Gasteiger charge is -2.32. The van der Waals surface area contributed by atoms with Gasteiger partial charge in [0.1, 0.15) is 11.7 Å². The number of H-pyrrole nitrogens is 1. The monoisotopic (exact) mass is 222 g/mol. The largest absolute Gasteiger partial charge is 0.480 e. The Kier molecular flexibility index (Phi) is 2.94. The molecule has 0 aromatic carbocycles. The average molecular weight is 222 g/mol. The van der Waals surface area contributed by atoms with Crippen molar-refractivity contribution in [3.05, 3.63) is 24.0 Å². The van der Waals surface area contributed by atoms with Crippen LogP contribution in [-0.2, 0) is 4.79 Å². The second-order valence-electron chi connectivity index (χ2n) is 3.93. The summed E-state index contributed by atoms with van der Waals surface area (Å²) in [6, 6.07) is 2.72. The lowest BCUT2D eigenvalue weighted by atomic mass is 10.0. The Bertz CT molecular complexity index is 386. The summed E-state index contributed by atoms with van der Waals surface area (Å²) in [6.45, 7) is 0.523. The van der Waals surface area contributed by atoms with E-state index in [-0.39, 0.29) is 5.91 Å². The Morgan fingerprint density at radius 2 is 2.25 bits per heavy atom. The molecule has 1 aliphatic rings. The minimum atomic E-state index is -0.917. The van der Waals surface area contributed by atoms with Crippen LogP contribution in [0.25, 0.3) is 0 Å². The molecule has 86 valence electrons. The van der Waals surface area contributed by atoms with E-state index >= 15 is 0 Å². The maximum Gasteiger partial charge on any atom is 0.326 e. The summed E-state index contributed by atoms with van der Waals surface area (Å²) in [7, 11) is 0. The molecule has 0 unspecified atom stereocenters. The molecule has 1 aliphatic heterocycles. The standard InChI is InChI=1S/C11H14N2O3/c14-10(8-4-3-6-12-8)13-7-2-1-5-9(13)11(15)16/h3-4,6,9,12H,1-2,5,7H2,(H,15,16)/t9-/m0/s1. The van der Waals surface area contributed by atoms with Crippen LogP contribution in [-0.4, -0.2) is 39.5 Å². The first-order valence-corrected chi connectivity index (χ1v) is 5.37. The molecule has 2 N–H and O–H groups in total. The molecule has 1 atom stereocenters. The van der Waals surface area contributed by atoms with Crippen molar-refractivity contribution >= 4 is 11.9 Å². The number of carbonyl (C=O) groups is 2. The number of carbonyl (C=O) groups excluding carboxylic acids is 1. The van der Waals surface area contributed by atoms with Crippen molar-refractivity contribution in [3.63, 3.8) is 0 Å². The highest BCUT2D eigenvalue weighted by Gasteiger charge is 2.32. The van der Waals surface area contributed by atoms with Gasteiger partial charge in [-0.3, -0.25) is 4.79 Å². The Labute approximate surface area is 93.1 Å². The number of nitrogens with one attached hydrogen (secondary N) is 1. The van der Waals surface area contributed by atoms with Gasteiger partial charge in [0.15, 0.2) is 0 Å². The highest BCUT2D eigenvalue weighted by molar-refractivity contribution is 5.95. The van der Waals surface area contributed by atoms with Gasteiger partial charge in [0.2, 0.25) is 0 Å². The van der Waals surface area contributed by atoms with Crippen molar-refractivity contribution in [2.75, 3.05) is 6.54 Å². The number of hydrogen-bond acceptors (Lipinski definition) is 2. The SMILES string of the molecule is O=C(O)[C@@H]1CCCCN1C(=O)c1ccc[nH]1. The molecule has 5 nitrogen and oxygen atoms in total. The fourth-order valence-corrected chi connectivity index (χ4v) is 2.05. The van der Waals surface area contributed by atoms with Gasteiger partial charge in [-0.05, 0) is 31.4 Å². The van der Waals surface area contributed by atoms with E-state index < -0.39 is 12.0 Å². The molecule has 1 amide bonds. The second kappa shape index (κ2) is 4.38. The van der Waals surface area contributed by atoms with Gasteiger partial charge in [0, 0.05) is 12.7 Å². The third-order valence-corrected chi connectivity index (χ3v) is 2.88. The molecular weight excluding hydrogens is 208 g/mol. The molecule has 0 bridgehead atoms. The predicted molar refractivity (Wildman–Crippen MR) is 57.1 cm³/mol. The lowest BCUT2D eigenvalue weighted by Crippen LogP contribution is -2.48. The van der Waals surface area contributed by atoms with Crippen LogP contribution >= 0.6 is 0 Å². The summed E-state index contributed by atoms with van der Waals surface area (Å²) in [5, 5.41) is 9.05. The van der Waals surface area contributed by atoms with E-state index in [9.17, 15) is 9.59 Å². The summed E-state index contributed by atoms with van der Waals surface area (Å²) in [4.78, 5) is 27.3. The van der Waals surface area contributed by atoms with Crippen LogP contribution in [0.2, 0.25) is 0 Å². The van der Waals surface area contributed by atoms with Crippen molar-refractivity contribution < 1.29 is 14.7 Å². The number of aromatic nitrogens is 1. The number of nitrogens with zero attached hydrogens (tertiary/aromatic N) is 1. The summed E-state index contributed by atoms with van der Waals surface area (Å²) in [6.07, 6.45) is 3.94. The maximum atomic E-state index is 12.0. The van der Waals surface area contributed by atoms with Crippen LogP contribution in [0.4, 0.5) is 0 Å². The molecule has 0 aliphatic carbocycles. The number of aliphatic carboxylic acids is 1. The van der Waals surface area contributed by atoms with E-state index in [2.05, 4.69) is 4.98 Å². The maximum absolute atomic E-state index is 12.0. The number of piperidine rings is 1. The summed E-state index contributed by atoms with van der Waals surface area (Å²) in [5.74, 6) is -1.14. The van der Waals surface area contributed by atoms with E-state index in [1.807, 2.05) is 0 Å². The molecule has 1 fully saturated rings. The number of aromatic amines is 1. The quantitative estimate of drug-likeness (QED) is 0.786. The van der Waals surface area contributed by atoms with Crippen molar-refractivity contribution in [1.82, 2.24) is 9.88 Å². The predicted octanol–water partition coefficient (Wildman–Crippen LogP) is 1.09. The normalized spacial score (nSPS) is 20.8. The number of carboxylic acid groups (broad SMARTS) is 1. The molecule has 1 aromatic heterocycles. The molecule has 2 heterocycles. The zero-order valence-electron chi connectivity index (χ0n) is 8.85. The zero-order valence-corrected chi connectivity index (χ0v) is 8.85. The molecule has 5 heteroatoms. The minimum Gasteiger partial charge on any atom is -0.480 e. The van der Waals surface area contributed by atoms with Gasteiger partial charge in [-0.25, -0.2) is 4.79 Å². The number of hydrogen-bond donors (Lipinski definition) is 2. The molecule has 1 aromatic rings. The minimum absolute atomic E-state index is 0.225. The van der Waals surface area contributed by atoms with Crippen LogP contribution in [0.1, 0.15) is 29.8 Å². The topological polar surface area (TPSA) is 73.4 Å². The number of likely N-dealkylation sites (tertiary alicyclic amines) is 1. The summed E-state index contributed by atoms with van der Waals surface area (Å²) < 4.78 is 0. The zero-order chi connectivity index (χ0) is 11.5. The number of rotatable bonds is 2. The van der Waals surface area contributed by atoms with Gasteiger partial charge in [-0.15, -0.1) is 0 Å². The fraction of sp³-hybridized carbons (Fsp3) is 0.455. The van der Waals surface area contributed by atoms with Gasteiger partial charge in [-0.2, -0.15) is 0 Å². The smallest absolute Gasteiger partial charge is 0.326 e. The van der Waals surface area contributed by atoms with E-state index in [0.29, 0.717) is 18.7 Å². The Hall–Kier alpha value is -1.78. The molecule has 1 saturated heterocycles. The van der Waals surface area contributed by atoms with Gasteiger partial charge in [0.05, 0.1) is 0 Å². The molecule has 0 radical (unpaired) electrons. The van der Waals surface area contributed by atoms with E-state index in [1.165, 1.54) is 4.90 Å². The highest BCUT2D eigenvalue weighted by atomic mass is 16.4. The van der Waals surface area contributed by atoms with Crippen LogP contribution in [0.5, 0.6) is 0 Å². The van der Waals surface area contributed by atoms with Crippen LogP contribution in [0.3, 0.4) is 0 Å². The second-order valence-corrected chi connectivity index (χ2v) is 3.93. The van der Waals surface area contributed by atoms with Crippen LogP contribution in [0, 0.1) is 0 Å². The van der Waals surface area contributed by atoms with E-state index in [0.717, 1.165) is 12.8 Å². The van der Waals surface area contributed by atoms with Crippen molar-refractivity contribution in [2.24, 2.45) is 0 Å². The van der Waals surface area contributed by atoms with E-state index in [4.69, 9.17) is 5.11 Å². The number of amides is 1. The number of carboxylic acids is 1. The molecular formula is C11H14N2O3. The first-order chi connectivity index (χ1) is 7.70. The Morgan fingerprint density at radius 1 is 1.44 bits per heavy atom.